The van der Waals surface area contributed by atoms with Crippen molar-refractivity contribution in [2.75, 3.05) is 26.2 Å². The van der Waals surface area contributed by atoms with Crippen molar-refractivity contribution in [3.8, 4) is 0 Å². The second-order valence-corrected chi connectivity index (χ2v) is 8.39. The van der Waals surface area contributed by atoms with Crippen molar-refractivity contribution in [3.63, 3.8) is 0 Å². The number of amidine groups is 1. The average Bonchev–Trinajstić information content (AvgIpc) is 2.25. The molecule has 0 radical (unpaired) electrons. The summed E-state index contributed by atoms with van der Waals surface area (Å²) in [5, 5.41) is 7.62. The predicted octanol–water partition coefficient (Wildman–Crippen LogP) is -0.0485. The summed E-state index contributed by atoms with van der Waals surface area (Å²) in [6, 6.07) is 0. The van der Waals surface area contributed by atoms with E-state index in [1.807, 2.05) is 39.5 Å². The maximum absolute atomic E-state index is 12.2. The Morgan fingerprint density at radius 1 is 1.10 bits per heavy atom. The molecule has 20 heavy (non-hydrogen) atoms. The summed E-state index contributed by atoms with van der Waals surface area (Å²) in [4.78, 5) is 2.04. The normalized spacial score (nSPS) is 20.1. The van der Waals surface area contributed by atoms with Gasteiger partial charge in [-0.15, -0.1) is 0 Å². The molecule has 0 aliphatic carbocycles. The Bertz CT molecular complexity index is 459. The molecule has 1 aliphatic rings. The molecule has 118 valence electrons. The summed E-state index contributed by atoms with van der Waals surface area (Å²) in [6.45, 7) is 11.2. The van der Waals surface area contributed by atoms with Crippen LogP contribution in [0.25, 0.3) is 0 Å². The highest BCUT2D eigenvalue weighted by Crippen LogP contribution is 2.18. The molecule has 0 spiro atoms. The van der Waals surface area contributed by atoms with Crippen molar-refractivity contribution < 1.29 is 8.42 Å². The number of nitrogens with one attached hydrogen (secondary N) is 2. The zero-order chi connectivity index (χ0) is 15.8. The first-order chi connectivity index (χ1) is 8.86. The second-order valence-electron chi connectivity index (χ2n) is 6.72. The first-order valence-corrected chi connectivity index (χ1v) is 8.19. The van der Waals surface area contributed by atoms with Crippen LogP contribution < -0.4 is 10.5 Å². The fourth-order valence-electron chi connectivity index (χ4n) is 2.11. The van der Waals surface area contributed by atoms with E-state index in [0.29, 0.717) is 26.2 Å². The number of nitrogens with zero attached hydrogens (tertiary/aromatic N) is 2. The monoisotopic (exact) mass is 305 g/mol. The summed E-state index contributed by atoms with van der Waals surface area (Å²) in [5.74, 6) is 0.0987. The molecule has 1 aliphatic heterocycles. The van der Waals surface area contributed by atoms with E-state index in [9.17, 15) is 8.42 Å². The quantitative estimate of drug-likeness (QED) is 0.500. The van der Waals surface area contributed by atoms with Crippen LogP contribution in [0, 0.1) is 5.41 Å². The van der Waals surface area contributed by atoms with Gasteiger partial charge in [-0.25, -0.2) is 0 Å². The number of rotatable bonds is 4. The van der Waals surface area contributed by atoms with E-state index in [4.69, 9.17) is 11.1 Å². The summed E-state index contributed by atoms with van der Waals surface area (Å²) in [6.07, 6.45) is 0. The van der Waals surface area contributed by atoms with Gasteiger partial charge >= 0.3 is 0 Å². The number of hydrogen-bond acceptors (Lipinski definition) is 4. The van der Waals surface area contributed by atoms with Crippen molar-refractivity contribution in [1.82, 2.24) is 13.9 Å². The molecule has 8 heteroatoms. The lowest BCUT2D eigenvalue weighted by Crippen LogP contribution is -2.61. The van der Waals surface area contributed by atoms with Gasteiger partial charge in [-0.2, -0.15) is 17.4 Å². The van der Waals surface area contributed by atoms with Gasteiger partial charge < -0.3 is 5.73 Å². The van der Waals surface area contributed by atoms with Gasteiger partial charge in [-0.3, -0.25) is 10.3 Å². The van der Waals surface area contributed by atoms with Crippen molar-refractivity contribution in [2.24, 2.45) is 5.73 Å². The van der Waals surface area contributed by atoms with Gasteiger partial charge in [-0.1, -0.05) is 0 Å². The Morgan fingerprint density at radius 2 is 1.55 bits per heavy atom. The Labute approximate surface area is 122 Å². The molecule has 1 rings (SSSR count). The summed E-state index contributed by atoms with van der Waals surface area (Å²) >= 11 is 0. The van der Waals surface area contributed by atoms with Crippen LogP contribution in [0.1, 0.15) is 34.6 Å². The molecule has 1 fully saturated rings. The summed E-state index contributed by atoms with van der Waals surface area (Å²) < 4.78 is 28.5. The SMILES string of the molecule is CC(C)(C)NS(=O)(=O)N1CCN(C(C)(C)C(=N)N)CC1. The van der Waals surface area contributed by atoms with Crippen LogP contribution >= 0.6 is 0 Å². The molecule has 0 bridgehead atoms. The topological polar surface area (TPSA) is 103 Å². The van der Waals surface area contributed by atoms with E-state index < -0.39 is 21.3 Å². The van der Waals surface area contributed by atoms with Crippen LogP contribution in [-0.4, -0.2) is 60.7 Å². The molecule has 0 aromatic carbocycles. The molecule has 0 amide bonds. The van der Waals surface area contributed by atoms with E-state index in [1.54, 1.807) is 0 Å². The Morgan fingerprint density at radius 3 is 1.90 bits per heavy atom. The molecular weight excluding hydrogens is 278 g/mol. The highest BCUT2D eigenvalue weighted by Gasteiger charge is 2.36. The third-order valence-corrected chi connectivity index (χ3v) is 5.38. The molecule has 1 saturated heterocycles. The van der Waals surface area contributed by atoms with E-state index in [-0.39, 0.29) is 5.84 Å². The zero-order valence-electron chi connectivity index (χ0n) is 13.0. The van der Waals surface area contributed by atoms with Crippen LogP contribution in [-0.2, 0) is 10.2 Å². The Hall–Kier alpha value is -0.700. The highest BCUT2D eigenvalue weighted by atomic mass is 32.2. The first kappa shape index (κ1) is 17.4. The second kappa shape index (κ2) is 5.59. The fourth-order valence-corrected chi connectivity index (χ4v) is 3.66. The van der Waals surface area contributed by atoms with Gasteiger partial charge in [0, 0.05) is 31.7 Å². The van der Waals surface area contributed by atoms with E-state index in [0.717, 1.165) is 0 Å². The minimum absolute atomic E-state index is 0.0987. The van der Waals surface area contributed by atoms with Crippen LogP contribution in [0.2, 0.25) is 0 Å². The predicted molar refractivity (Wildman–Crippen MR) is 80.9 cm³/mol. The molecule has 4 N–H and O–H groups in total. The maximum atomic E-state index is 12.2. The molecule has 0 aromatic rings. The third-order valence-electron chi connectivity index (χ3n) is 3.46. The van der Waals surface area contributed by atoms with Crippen LogP contribution in [0.15, 0.2) is 0 Å². The largest absolute Gasteiger partial charge is 0.386 e. The summed E-state index contributed by atoms with van der Waals surface area (Å²) in [5.41, 5.74) is 4.58. The zero-order valence-corrected chi connectivity index (χ0v) is 13.8. The van der Waals surface area contributed by atoms with Crippen molar-refractivity contribution in [3.05, 3.63) is 0 Å². The smallest absolute Gasteiger partial charge is 0.280 e. The third kappa shape index (κ3) is 4.15. The minimum atomic E-state index is -3.46. The minimum Gasteiger partial charge on any atom is -0.386 e. The van der Waals surface area contributed by atoms with E-state index in [1.165, 1.54) is 4.31 Å². The van der Waals surface area contributed by atoms with Crippen molar-refractivity contribution >= 4 is 16.0 Å². The number of hydrogen-bond donors (Lipinski definition) is 3. The Kier molecular flexibility index (Phi) is 4.85. The molecule has 0 aromatic heterocycles. The van der Waals surface area contributed by atoms with Gasteiger partial charge in [0.15, 0.2) is 0 Å². The average molecular weight is 305 g/mol. The van der Waals surface area contributed by atoms with Gasteiger partial charge in [-0.05, 0) is 34.6 Å². The van der Waals surface area contributed by atoms with Gasteiger partial charge in [0.2, 0.25) is 0 Å². The number of piperazine rings is 1. The molecule has 1 heterocycles. The summed E-state index contributed by atoms with van der Waals surface area (Å²) in [7, 11) is -3.46. The maximum Gasteiger partial charge on any atom is 0.280 e. The van der Waals surface area contributed by atoms with Gasteiger partial charge in [0.25, 0.3) is 10.2 Å². The lowest BCUT2D eigenvalue weighted by atomic mass is 10.0. The molecule has 7 nitrogen and oxygen atoms in total. The molecule has 0 saturated carbocycles. The highest BCUT2D eigenvalue weighted by molar-refractivity contribution is 7.87. The lowest BCUT2D eigenvalue weighted by Gasteiger charge is -2.43. The van der Waals surface area contributed by atoms with Crippen LogP contribution in [0.3, 0.4) is 0 Å². The standard InChI is InChI=1S/C12H27N5O2S/c1-11(2,3)15-20(18,19)17-8-6-16(7-9-17)12(4,5)10(13)14/h15H,6-9H2,1-5H3,(H3,13,14). The van der Waals surface area contributed by atoms with E-state index >= 15 is 0 Å². The van der Waals surface area contributed by atoms with Crippen molar-refractivity contribution in [2.45, 2.75) is 45.7 Å². The molecular formula is C12H27N5O2S. The molecule has 0 atom stereocenters. The lowest BCUT2D eigenvalue weighted by molar-refractivity contribution is 0.120. The molecule has 0 unspecified atom stereocenters. The van der Waals surface area contributed by atoms with Crippen LogP contribution in [0.4, 0.5) is 0 Å². The number of nitrogens with two attached hydrogens (primary N) is 1. The first-order valence-electron chi connectivity index (χ1n) is 6.75. The Balaban J connectivity index is 2.70. The van der Waals surface area contributed by atoms with Gasteiger partial charge in [0.05, 0.1) is 5.54 Å². The van der Waals surface area contributed by atoms with Crippen molar-refractivity contribution in [1.29, 1.82) is 5.41 Å². The van der Waals surface area contributed by atoms with Gasteiger partial charge in [0.1, 0.15) is 5.84 Å². The van der Waals surface area contributed by atoms with Crippen LogP contribution in [0.5, 0.6) is 0 Å². The van der Waals surface area contributed by atoms with E-state index in [2.05, 4.69) is 4.72 Å². The fraction of sp³-hybridized carbons (Fsp3) is 0.917.